The number of aliphatic hydroxyl groups excluding tert-OH is 8. The van der Waals surface area contributed by atoms with Gasteiger partial charge in [-0.15, -0.1) is 0 Å². The lowest BCUT2D eigenvalue weighted by atomic mass is 9.96. The van der Waals surface area contributed by atoms with Crippen molar-refractivity contribution in [2.45, 2.75) is 99.7 Å². The third-order valence-corrected chi connectivity index (χ3v) is 5.87. The zero-order valence-corrected chi connectivity index (χ0v) is 17.0. The largest absolute Gasteiger partial charge is 0.394 e. The molecule has 3 heterocycles. The van der Waals surface area contributed by atoms with Gasteiger partial charge in [-0.2, -0.15) is 0 Å². The van der Waals surface area contributed by atoms with Crippen molar-refractivity contribution in [3.8, 4) is 0 Å². The highest BCUT2D eigenvalue weighted by Gasteiger charge is 2.52. The van der Waals surface area contributed by atoms with E-state index in [9.17, 15) is 40.9 Å². The molecule has 8 N–H and O–H groups in total. The molecule has 0 saturated carbocycles. The first-order chi connectivity index (χ1) is 14.7. The smallest absolute Gasteiger partial charge is 0.187 e. The molecule has 0 aromatic carbocycles. The van der Waals surface area contributed by atoms with Crippen LogP contribution in [0.15, 0.2) is 0 Å². The third-order valence-electron chi connectivity index (χ3n) is 5.87. The third kappa shape index (κ3) is 5.35. The zero-order chi connectivity index (χ0) is 22.9. The lowest BCUT2D eigenvalue weighted by Crippen LogP contribution is -2.65. The first-order valence-corrected chi connectivity index (χ1v) is 10.2. The molecule has 0 aliphatic carbocycles. The number of ether oxygens (including phenoxy) is 5. The summed E-state index contributed by atoms with van der Waals surface area (Å²) in [5.41, 5.74) is 0. The van der Waals surface area contributed by atoms with Crippen LogP contribution in [0.3, 0.4) is 0 Å². The molecule has 3 fully saturated rings. The Morgan fingerprint density at radius 1 is 0.710 bits per heavy atom. The number of aliphatic hydroxyl groups is 8. The molecule has 13 atom stereocenters. The molecule has 3 saturated heterocycles. The molecule has 182 valence electrons. The van der Waals surface area contributed by atoms with Crippen LogP contribution in [0.4, 0.5) is 0 Å². The van der Waals surface area contributed by atoms with Gasteiger partial charge in [0.15, 0.2) is 18.9 Å². The van der Waals surface area contributed by atoms with Crippen LogP contribution in [0.5, 0.6) is 0 Å². The van der Waals surface area contributed by atoms with Crippen molar-refractivity contribution >= 4 is 0 Å². The van der Waals surface area contributed by atoms with E-state index in [-0.39, 0.29) is 6.42 Å². The van der Waals surface area contributed by atoms with Gasteiger partial charge in [0.05, 0.1) is 25.4 Å². The van der Waals surface area contributed by atoms with Gasteiger partial charge in [0.25, 0.3) is 0 Å². The second kappa shape index (κ2) is 10.6. The average Bonchev–Trinajstić information content (AvgIpc) is 2.75. The highest BCUT2D eigenvalue weighted by atomic mass is 16.8. The van der Waals surface area contributed by atoms with Crippen LogP contribution >= 0.6 is 0 Å². The van der Waals surface area contributed by atoms with Crippen molar-refractivity contribution in [3.05, 3.63) is 0 Å². The van der Waals surface area contributed by atoms with Crippen molar-refractivity contribution in [2.75, 3.05) is 13.2 Å². The molecule has 13 nitrogen and oxygen atoms in total. The SMILES string of the molecule is CC1O[C@@H](OC2C(O[C@H]3OC(CO)[C@H](O)C(O)C3O)[C@@H](O)C(CO)O[C@H]2O)CC[C@@H]1O. The van der Waals surface area contributed by atoms with E-state index in [0.29, 0.717) is 6.42 Å². The second-order valence-electron chi connectivity index (χ2n) is 8.05. The minimum Gasteiger partial charge on any atom is -0.394 e. The average molecular weight is 456 g/mol. The number of hydrogen-bond donors (Lipinski definition) is 8. The van der Waals surface area contributed by atoms with E-state index in [1.165, 1.54) is 0 Å². The summed E-state index contributed by atoms with van der Waals surface area (Å²) in [5.74, 6) is 0. The first-order valence-electron chi connectivity index (χ1n) is 10.2. The summed E-state index contributed by atoms with van der Waals surface area (Å²) in [6.45, 7) is 0.300. The maximum atomic E-state index is 10.6. The first kappa shape index (κ1) is 25.1. The van der Waals surface area contributed by atoms with E-state index in [4.69, 9.17) is 23.7 Å². The van der Waals surface area contributed by atoms with Gasteiger partial charge in [0.2, 0.25) is 0 Å². The quantitative estimate of drug-likeness (QED) is 0.190. The predicted molar refractivity (Wildman–Crippen MR) is 97.1 cm³/mol. The number of hydrogen-bond acceptors (Lipinski definition) is 13. The van der Waals surface area contributed by atoms with Crippen LogP contribution in [-0.4, -0.2) is 134 Å². The summed E-state index contributed by atoms with van der Waals surface area (Å²) in [7, 11) is 0. The highest BCUT2D eigenvalue weighted by molar-refractivity contribution is 4.94. The fourth-order valence-electron chi connectivity index (χ4n) is 3.91. The molecular formula is C18H32O13. The molecule has 7 unspecified atom stereocenters. The standard InChI is InChI=1S/C18H32O13/c1-6-7(21)2-3-10(27-6)30-16-15(12(23)9(5-20)28-17(16)26)31-18-14(25)13(24)11(22)8(4-19)29-18/h6-26H,2-5H2,1H3/t6?,7-,8?,9?,10-,11-,12-,13?,14?,15?,16?,17+,18+/m0/s1. The molecule has 3 rings (SSSR count). The summed E-state index contributed by atoms with van der Waals surface area (Å²) in [5, 5.41) is 79.7. The molecule has 3 aliphatic rings. The van der Waals surface area contributed by atoms with E-state index >= 15 is 0 Å². The maximum absolute atomic E-state index is 10.6. The Morgan fingerprint density at radius 2 is 1.35 bits per heavy atom. The Labute approximate surface area is 178 Å². The van der Waals surface area contributed by atoms with E-state index in [1.54, 1.807) is 6.92 Å². The van der Waals surface area contributed by atoms with Crippen LogP contribution in [0.25, 0.3) is 0 Å². The molecule has 3 aliphatic heterocycles. The highest BCUT2D eigenvalue weighted by Crippen LogP contribution is 2.32. The van der Waals surface area contributed by atoms with Crippen molar-refractivity contribution < 1.29 is 64.5 Å². The van der Waals surface area contributed by atoms with Gasteiger partial charge in [-0.3, -0.25) is 0 Å². The molecule has 0 aromatic heterocycles. The van der Waals surface area contributed by atoms with Crippen LogP contribution < -0.4 is 0 Å². The van der Waals surface area contributed by atoms with Gasteiger partial charge in [-0.05, 0) is 13.3 Å². The second-order valence-corrected chi connectivity index (χ2v) is 8.05. The van der Waals surface area contributed by atoms with Crippen molar-refractivity contribution in [1.82, 2.24) is 0 Å². The summed E-state index contributed by atoms with van der Waals surface area (Å²) in [6.07, 6.45) is -16.6. The van der Waals surface area contributed by atoms with Gasteiger partial charge in [0, 0.05) is 6.42 Å². The zero-order valence-electron chi connectivity index (χ0n) is 17.0. The fourth-order valence-corrected chi connectivity index (χ4v) is 3.91. The summed E-state index contributed by atoms with van der Waals surface area (Å²) in [6, 6.07) is 0. The molecule has 31 heavy (non-hydrogen) atoms. The molecule has 13 heteroatoms. The summed E-state index contributed by atoms with van der Waals surface area (Å²) < 4.78 is 27.4. The molecule has 0 bridgehead atoms. The topological polar surface area (TPSA) is 208 Å². The Hall–Kier alpha value is -0.520. The van der Waals surface area contributed by atoms with Crippen LogP contribution in [0.2, 0.25) is 0 Å². The Morgan fingerprint density at radius 3 is 1.97 bits per heavy atom. The van der Waals surface area contributed by atoms with Crippen LogP contribution in [0.1, 0.15) is 19.8 Å². The lowest BCUT2D eigenvalue weighted by Gasteiger charge is -2.47. The Bertz CT molecular complexity index is 565. The Kier molecular flexibility index (Phi) is 8.59. The van der Waals surface area contributed by atoms with Gasteiger partial charge in [-0.25, -0.2) is 0 Å². The van der Waals surface area contributed by atoms with E-state index in [1.807, 2.05) is 0 Å². The molecule has 0 radical (unpaired) electrons. The Balaban J connectivity index is 1.77. The van der Waals surface area contributed by atoms with Gasteiger partial charge in [0.1, 0.15) is 48.8 Å². The number of rotatable bonds is 6. The van der Waals surface area contributed by atoms with Gasteiger partial charge in [-0.1, -0.05) is 0 Å². The van der Waals surface area contributed by atoms with Crippen LogP contribution in [-0.2, 0) is 23.7 Å². The lowest BCUT2D eigenvalue weighted by molar-refractivity contribution is -0.375. The van der Waals surface area contributed by atoms with Gasteiger partial charge >= 0.3 is 0 Å². The summed E-state index contributed by atoms with van der Waals surface area (Å²) in [4.78, 5) is 0. The normalized spacial score (nSPS) is 51.6. The minimum absolute atomic E-state index is 0.279. The fraction of sp³-hybridized carbons (Fsp3) is 1.00. The minimum atomic E-state index is -1.75. The van der Waals surface area contributed by atoms with Crippen molar-refractivity contribution in [1.29, 1.82) is 0 Å². The predicted octanol–water partition coefficient (Wildman–Crippen LogP) is -4.49. The van der Waals surface area contributed by atoms with Crippen molar-refractivity contribution in [2.24, 2.45) is 0 Å². The van der Waals surface area contributed by atoms with E-state index in [0.717, 1.165) is 0 Å². The summed E-state index contributed by atoms with van der Waals surface area (Å²) >= 11 is 0. The maximum Gasteiger partial charge on any atom is 0.187 e. The molecule has 0 aromatic rings. The molecule has 0 spiro atoms. The molecule has 0 amide bonds. The molecular weight excluding hydrogens is 424 g/mol. The van der Waals surface area contributed by atoms with Gasteiger partial charge < -0.3 is 64.5 Å². The van der Waals surface area contributed by atoms with Crippen molar-refractivity contribution in [3.63, 3.8) is 0 Å². The van der Waals surface area contributed by atoms with Crippen LogP contribution in [0, 0.1) is 0 Å². The van der Waals surface area contributed by atoms with E-state index < -0.39 is 93.1 Å². The van der Waals surface area contributed by atoms with E-state index in [2.05, 4.69) is 0 Å². The monoisotopic (exact) mass is 456 g/mol.